The Hall–Kier alpha value is -1.38. The van der Waals surface area contributed by atoms with Gasteiger partial charge in [-0.3, -0.25) is 0 Å². The van der Waals surface area contributed by atoms with Crippen molar-refractivity contribution in [2.45, 2.75) is 78.7 Å². The van der Waals surface area contributed by atoms with Gasteiger partial charge in [0.1, 0.15) is 6.54 Å². The van der Waals surface area contributed by atoms with E-state index in [1.807, 2.05) is 0 Å². The van der Waals surface area contributed by atoms with Gasteiger partial charge in [-0.1, -0.05) is 46.0 Å². The van der Waals surface area contributed by atoms with E-state index in [-0.39, 0.29) is 0 Å². The van der Waals surface area contributed by atoms with Gasteiger partial charge in [-0.05, 0) is 25.3 Å². The number of unbranched alkanes of at least 4 members (excludes halogenated alkanes) is 6. The molecule has 0 spiro atoms. The number of hydrogen-bond acceptors (Lipinski definition) is 2. The summed E-state index contributed by atoms with van der Waals surface area (Å²) in [5.74, 6) is -1.08. The maximum Gasteiger partial charge on any atom is 0.169 e. The molecule has 0 unspecified atom stereocenters. The van der Waals surface area contributed by atoms with Gasteiger partial charge in [-0.15, -0.1) is 0 Å². The Kier molecular flexibility index (Phi) is 12.7. The van der Waals surface area contributed by atoms with Crippen LogP contribution >= 0.6 is 0 Å². The molecular weight excluding hydrogens is 262 g/mol. The molecule has 0 bridgehead atoms. The van der Waals surface area contributed by atoms with Crippen molar-refractivity contribution < 1.29 is 14.5 Å². The number of carbonyl (C=O) groups is 1. The van der Waals surface area contributed by atoms with E-state index in [2.05, 4.69) is 42.9 Å². The molecule has 1 heterocycles. The van der Waals surface area contributed by atoms with E-state index in [1.54, 1.807) is 0 Å². The van der Waals surface area contributed by atoms with Crippen LogP contribution in [-0.4, -0.2) is 5.97 Å². The molecule has 3 nitrogen and oxygen atoms in total. The predicted molar refractivity (Wildman–Crippen MR) is 84.7 cm³/mol. The summed E-state index contributed by atoms with van der Waals surface area (Å²) in [6.07, 6.45) is 15.3. The minimum Gasteiger partial charge on any atom is -0.550 e. The Labute approximate surface area is 130 Å². The molecule has 0 amide bonds. The molecule has 0 atom stereocenters. The zero-order valence-electron chi connectivity index (χ0n) is 13.9. The molecule has 120 valence electrons. The molecule has 21 heavy (non-hydrogen) atoms. The topological polar surface area (TPSA) is 44.0 Å². The van der Waals surface area contributed by atoms with E-state index in [9.17, 15) is 0 Å². The van der Waals surface area contributed by atoms with Crippen LogP contribution in [0.4, 0.5) is 0 Å². The summed E-state index contributed by atoms with van der Waals surface area (Å²) in [6, 6.07) is 4.47. The third-order valence-electron chi connectivity index (χ3n) is 3.39. The number of hydrogen-bond donors (Lipinski definition) is 0. The average molecular weight is 293 g/mol. The standard InChI is InChI=1S/C16H28N.C2H4O2/c1-3-5-6-7-8-9-10-13-17-14-11-16(4-2)12-15-17;1-2(3)4/h11-12,14-15H,3-10,13H2,1-2H3;1H3,(H,3,4)/q+1;/p-1. The fourth-order valence-electron chi connectivity index (χ4n) is 2.12. The normalized spacial score (nSPS) is 9.86. The van der Waals surface area contributed by atoms with Crippen LogP contribution in [0.3, 0.4) is 0 Å². The first kappa shape index (κ1) is 19.6. The van der Waals surface area contributed by atoms with Crippen molar-refractivity contribution in [2.75, 3.05) is 0 Å². The molecule has 0 aliphatic heterocycles. The molecule has 0 saturated heterocycles. The highest BCUT2D eigenvalue weighted by Gasteiger charge is 1.99. The quantitative estimate of drug-likeness (QED) is 0.519. The molecule has 0 aliphatic carbocycles. The molecule has 0 aliphatic rings. The third-order valence-corrected chi connectivity index (χ3v) is 3.39. The first-order valence-corrected chi connectivity index (χ1v) is 8.25. The first-order chi connectivity index (χ1) is 10.1. The molecule has 0 fully saturated rings. The van der Waals surface area contributed by atoms with Crippen molar-refractivity contribution in [1.29, 1.82) is 0 Å². The van der Waals surface area contributed by atoms with Crippen LogP contribution in [0.25, 0.3) is 0 Å². The largest absolute Gasteiger partial charge is 0.550 e. The lowest BCUT2D eigenvalue weighted by atomic mass is 10.1. The average Bonchev–Trinajstić information content (AvgIpc) is 2.46. The second kappa shape index (κ2) is 13.6. The van der Waals surface area contributed by atoms with E-state index in [0.717, 1.165) is 13.3 Å². The number of aliphatic carboxylic acids is 1. The minimum absolute atomic E-state index is 0.972. The highest BCUT2D eigenvalue weighted by atomic mass is 16.4. The van der Waals surface area contributed by atoms with Crippen molar-refractivity contribution >= 4 is 5.97 Å². The van der Waals surface area contributed by atoms with Gasteiger partial charge in [0.2, 0.25) is 0 Å². The number of carboxylic acids is 1. The number of nitrogens with zero attached hydrogens (tertiary/aromatic N) is 1. The fraction of sp³-hybridized carbons (Fsp3) is 0.667. The maximum atomic E-state index is 8.89. The number of carboxylic acid groups (broad SMARTS) is 1. The lowest BCUT2D eigenvalue weighted by Gasteiger charge is -2.00. The second-order valence-corrected chi connectivity index (χ2v) is 5.41. The van der Waals surface area contributed by atoms with Crippen molar-refractivity contribution in [3.05, 3.63) is 30.1 Å². The maximum absolute atomic E-state index is 8.89. The number of pyridine rings is 1. The molecule has 0 N–H and O–H groups in total. The summed E-state index contributed by atoms with van der Waals surface area (Å²) >= 11 is 0. The Morgan fingerprint density at radius 1 is 1.00 bits per heavy atom. The van der Waals surface area contributed by atoms with Crippen LogP contribution in [0.15, 0.2) is 24.5 Å². The van der Waals surface area contributed by atoms with E-state index in [1.165, 1.54) is 57.1 Å². The lowest BCUT2D eigenvalue weighted by molar-refractivity contribution is -0.697. The molecule has 3 heteroatoms. The highest BCUT2D eigenvalue weighted by Crippen LogP contribution is 2.06. The zero-order valence-corrected chi connectivity index (χ0v) is 13.9. The summed E-state index contributed by atoms with van der Waals surface area (Å²) < 4.78 is 2.31. The molecule has 1 aromatic rings. The number of aryl methyl sites for hydroxylation is 2. The molecule has 1 rings (SSSR count). The van der Waals surface area contributed by atoms with Gasteiger partial charge in [-0.25, -0.2) is 4.57 Å². The molecule has 0 saturated carbocycles. The minimum atomic E-state index is -1.08. The van der Waals surface area contributed by atoms with E-state index < -0.39 is 5.97 Å². The van der Waals surface area contributed by atoms with Gasteiger partial charge >= 0.3 is 0 Å². The lowest BCUT2D eigenvalue weighted by Crippen LogP contribution is -2.32. The van der Waals surface area contributed by atoms with Gasteiger partial charge in [0.15, 0.2) is 12.4 Å². The summed E-state index contributed by atoms with van der Waals surface area (Å²) in [7, 11) is 0. The van der Waals surface area contributed by atoms with Crippen LogP contribution < -0.4 is 9.67 Å². The summed E-state index contributed by atoms with van der Waals surface area (Å²) in [5, 5.41) is 8.89. The first-order valence-electron chi connectivity index (χ1n) is 8.25. The Balaban J connectivity index is 0.000000885. The molecule has 0 radical (unpaired) electrons. The van der Waals surface area contributed by atoms with Crippen LogP contribution in [0.1, 0.15) is 71.3 Å². The van der Waals surface area contributed by atoms with Gasteiger partial charge in [0, 0.05) is 24.5 Å². The monoisotopic (exact) mass is 293 g/mol. The molecular formula is C18H31NO2. The summed E-state index contributed by atoms with van der Waals surface area (Å²) in [4.78, 5) is 8.89. The second-order valence-electron chi connectivity index (χ2n) is 5.41. The Morgan fingerprint density at radius 3 is 1.95 bits per heavy atom. The number of aromatic nitrogens is 1. The van der Waals surface area contributed by atoms with Crippen LogP contribution in [0.2, 0.25) is 0 Å². The number of rotatable bonds is 9. The van der Waals surface area contributed by atoms with Crippen molar-refractivity contribution in [3.63, 3.8) is 0 Å². The van der Waals surface area contributed by atoms with Gasteiger partial charge in [0.05, 0.1) is 0 Å². The Bertz CT molecular complexity index is 356. The Morgan fingerprint density at radius 2 is 1.48 bits per heavy atom. The molecule has 1 aromatic heterocycles. The van der Waals surface area contributed by atoms with Crippen LogP contribution in [0, 0.1) is 0 Å². The van der Waals surface area contributed by atoms with Gasteiger partial charge < -0.3 is 9.90 Å². The van der Waals surface area contributed by atoms with E-state index in [0.29, 0.717) is 0 Å². The summed E-state index contributed by atoms with van der Waals surface area (Å²) in [6.45, 7) is 6.63. The SMILES string of the molecule is CC(=O)[O-].CCCCCCCCC[n+]1ccc(CC)cc1. The highest BCUT2D eigenvalue weighted by molar-refractivity contribution is 5.60. The predicted octanol–water partition coefficient (Wildman–Crippen LogP) is 3.04. The fourth-order valence-corrected chi connectivity index (χ4v) is 2.12. The van der Waals surface area contributed by atoms with Gasteiger partial charge in [-0.2, -0.15) is 0 Å². The molecule has 0 aromatic carbocycles. The van der Waals surface area contributed by atoms with Crippen LogP contribution in [0.5, 0.6) is 0 Å². The third kappa shape index (κ3) is 13.4. The van der Waals surface area contributed by atoms with Crippen LogP contribution in [-0.2, 0) is 17.8 Å². The smallest absolute Gasteiger partial charge is 0.169 e. The van der Waals surface area contributed by atoms with E-state index in [4.69, 9.17) is 9.90 Å². The van der Waals surface area contributed by atoms with Gasteiger partial charge in [0.25, 0.3) is 0 Å². The zero-order chi connectivity index (χ0) is 15.9. The van der Waals surface area contributed by atoms with E-state index >= 15 is 0 Å². The summed E-state index contributed by atoms with van der Waals surface area (Å²) in [5.41, 5.74) is 1.43. The van der Waals surface area contributed by atoms with Crippen molar-refractivity contribution in [2.24, 2.45) is 0 Å². The number of carbonyl (C=O) groups excluding carboxylic acids is 1. The van der Waals surface area contributed by atoms with Crippen molar-refractivity contribution in [3.8, 4) is 0 Å². The van der Waals surface area contributed by atoms with Crippen molar-refractivity contribution in [1.82, 2.24) is 0 Å².